The Morgan fingerprint density at radius 3 is 2.79 bits per heavy atom. The summed E-state index contributed by atoms with van der Waals surface area (Å²) in [6.07, 6.45) is 7.35. The monoisotopic (exact) mass is 197 g/mol. The fraction of sp³-hybridized carbons (Fsp3) is 0.917. The summed E-state index contributed by atoms with van der Waals surface area (Å²) in [4.78, 5) is 13.5. The molecule has 1 aliphatic rings. The van der Waals surface area contributed by atoms with Crippen molar-refractivity contribution in [1.29, 1.82) is 0 Å². The number of carbonyl (C=O) groups excluding carboxylic acids is 1. The minimum Gasteiger partial charge on any atom is -0.300 e. The third kappa shape index (κ3) is 3.79. The van der Waals surface area contributed by atoms with Crippen molar-refractivity contribution in [3.63, 3.8) is 0 Å². The van der Waals surface area contributed by atoms with E-state index in [9.17, 15) is 4.79 Å². The van der Waals surface area contributed by atoms with Crippen LogP contribution >= 0.6 is 0 Å². The average Bonchev–Trinajstić information content (AvgIpc) is 2.38. The first-order valence-electron chi connectivity index (χ1n) is 5.97. The zero-order chi connectivity index (χ0) is 10.4. The highest BCUT2D eigenvalue weighted by atomic mass is 16.1. The van der Waals surface area contributed by atoms with Crippen LogP contribution in [-0.2, 0) is 4.79 Å². The molecule has 0 aromatic rings. The fourth-order valence-electron chi connectivity index (χ4n) is 2.29. The molecule has 1 aliphatic heterocycles. The van der Waals surface area contributed by atoms with E-state index < -0.39 is 0 Å². The molecule has 0 N–H and O–H groups in total. The predicted molar refractivity (Wildman–Crippen MR) is 59.4 cm³/mol. The van der Waals surface area contributed by atoms with Crippen molar-refractivity contribution in [3.05, 3.63) is 0 Å². The second-order valence-electron chi connectivity index (χ2n) is 4.40. The van der Waals surface area contributed by atoms with Crippen molar-refractivity contribution >= 4 is 5.78 Å². The van der Waals surface area contributed by atoms with Crippen LogP contribution in [0.5, 0.6) is 0 Å². The van der Waals surface area contributed by atoms with Crippen molar-refractivity contribution in [1.82, 2.24) is 4.90 Å². The SMILES string of the molecule is CCC1CCCCCN1CCC(C)=O. The molecule has 0 bridgehead atoms. The van der Waals surface area contributed by atoms with Gasteiger partial charge in [-0.05, 0) is 32.7 Å². The topological polar surface area (TPSA) is 20.3 Å². The van der Waals surface area contributed by atoms with Crippen LogP contribution < -0.4 is 0 Å². The van der Waals surface area contributed by atoms with Gasteiger partial charge in [0.15, 0.2) is 0 Å². The normalized spacial score (nSPS) is 24.6. The molecule has 2 nitrogen and oxygen atoms in total. The summed E-state index contributed by atoms with van der Waals surface area (Å²) in [6, 6.07) is 0.733. The summed E-state index contributed by atoms with van der Waals surface area (Å²) < 4.78 is 0. The fourth-order valence-corrected chi connectivity index (χ4v) is 2.29. The predicted octanol–water partition coefficient (Wildman–Crippen LogP) is 2.62. The standard InChI is InChI=1S/C12H23NO/c1-3-12-7-5-4-6-9-13(12)10-8-11(2)14/h12H,3-10H2,1-2H3. The molecule has 0 spiro atoms. The molecule has 1 atom stereocenters. The largest absolute Gasteiger partial charge is 0.300 e. The molecule has 1 rings (SSSR count). The number of nitrogens with zero attached hydrogens (tertiary/aromatic N) is 1. The minimum absolute atomic E-state index is 0.323. The van der Waals surface area contributed by atoms with E-state index in [1.165, 1.54) is 38.6 Å². The number of hydrogen-bond acceptors (Lipinski definition) is 2. The third-order valence-corrected chi connectivity index (χ3v) is 3.22. The molecule has 0 aromatic carbocycles. The Hall–Kier alpha value is -0.370. The molecule has 0 aromatic heterocycles. The summed E-state index contributed by atoms with van der Waals surface area (Å²) in [7, 11) is 0. The molecule has 1 heterocycles. The highest BCUT2D eigenvalue weighted by molar-refractivity contribution is 5.75. The van der Waals surface area contributed by atoms with Crippen LogP contribution in [0.2, 0.25) is 0 Å². The molecule has 14 heavy (non-hydrogen) atoms. The van der Waals surface area contributed by atoms with Gasteiger partial charge >= 0.3 is 0 Å². The lowest BCUT2D eigenvalue weighted by atomic mass is 10.1. The summed E-state index contributed by atoms with van der Waals surface area (Å²) in [5.74, 6) is 0.323. The number of ketones is 1. The van der Waals surface area contributed by atoms with E-state index in [0.29, 0.717) is 5.78 Å². The summed E-state index contributed by atoms with van der Waals surface area (Å²) in [5.41, 5.74) is 0. The van der Waals surface area contributed by atoms with E-state index in [1.807, 2.05) is 0 Å². The molecule has 0 aliphatic carbocycles. The van der Waals surface area contributed by atoms with Gasteiger partial charge in [0.2, 0.25) is 0 Å². The van der Waals surface area contributed by atoms with Crippen LogP contribution in [0.3, 0.4) is 0 Å². The van der Waals surface area contributed by atoms with Crippen molar-refractivity contribution < 1.29 is 4.79 Å². The Bertz CT molecular complexity index is 179. The number of rotatable bonds is 4. The van der Waals surface area contributed by atoms with Gasteiger partial charge in [-0.25, -0.2) is 0 Å². The summed E-state index contributed by atoms with van der Waals surface area (Å²) in [6.45, 7) is 6.13. The van der Waals surface area contributed by atoms with Gasteiger partial charge in [0, 0.05) is 19.0 Å². The van der Waals surface area contributed by atoms with Crippen LogP contribution in [0.1, 0.15) is 52.4 Å². The Morgan fingerprint density at radius 1 is 1.36 bits per heavy atom. The average molecular weight is 197 g/mol. The van der Waals surface area contributed by atoms with Gasteiger partial charge in [0.05, 0.1) is 0 Å². The van der Waals surface area contributed by atoms with Crippen molar-refractivity contribution in [2.24, 2.45) is 0 Å². The van der Waals surface area contributed by atoms with Crippen LogP contribution in [-0.4, -0.2) is 29.8 Å². The maximum Gasteiger partial charge on any atom is 0.131 e. The molecule has 1 saturated heterocycles. The minimum atomic E-state index is 0.323. The van der Waals surface area contributed by atoms with E-state index in [2.05, 4.69) is 11.8 Å². The third-order valence-electron chi connectivity index (χ3n) is 3.22. The van der Waals surface area contributed by atoms with Crippen LogP contribution in [0, 0.1) is 0 Å². The van der Waals surface area contributed by atoms with Crippen LogP contribution in [0.15, 0.2) is 0 Å². The summed E-state index contributed by atoms with van der Waals surface area (Å²) in [5, 5.41) is 0. The lowest BCUT2D eigenvalue weighted by Crippen LogP contribution is -2.35. The van der Waals surface area contributed by atoms with Crippen molar-refractivity contribution in [3.8, 4) is 0 Å². The first-order chi connectivity index (χ1) is 6.74. The molecular formula is C12H23NO. The van der Waals surface area contributed by atoms with Gasteiger partial charge in [0.1, 0.15) is 5.78 Å². The molecule has 82 valence electrons. The van der Waals surface area contributed by atoms with E-state index in [4.69, 9.17) is 0 Å². The van der Waals surface area contributed by atoms with E-state index in [0.717, 1.165) is 19.0 Å². The Balaban J connectivity index is 2.39. The van der Waals surface area contributed by atoms with E-state index in [-0.39, 0.29) is 0 Å². The van der Waals surface area contributed by atoms with E-state index >= 15 is 0 Å². The number of Topliss-reactive ketones (excluding diaryl/α,β-unsaturated/α-hetero) is 1. The first kappa shape index (κ1) is 11.7. The van der Waals surface area contributed by atoms with Gasteiger partial charge < -0.3 is 0 Å². The molecule has 2 heteroatoms. The molecule has 1 fully saturated rings. The molecule has 0 saturated carbocycles. The highest BCUT2D eigenvalue weighted by Gasteiger charge is 2.18. The van der Waals surface area contributed by atoms with E-state index in [1.54, 1.807) is 6.92 Å². The van der Waals surface area contributed by atoms with Gasteiger partial charge in [-0.15, -0.1) is 0 Å². The Morgan fingerprint density at radius 2 is 2.14 bits per heavy atom. The summed E-state index contributed by atoms with van der Waals surface area (Å²) >= 11 is 0. The van der Waals surface area contributed by atoms with Gasteiger partial charge in [0.25, 0.3) is 0 Å². The molecule has 0 amide bonds. The number of likely N-dealkylation sites (tertiary alicyclic amines) is 1. The molecule has 0 radical (unpaired) electrons. The van der Waals surface area contributed by atoms with Gasteiger partial charge in [-0.2, -0.15) is 0 Å². The van der Waals surface area contributed by atoms with Crippen molar-refractivity contribution in [2.45, 2.75) is 58.4 Å². The highest BCUT2D eigenvalue weighted by Crippen LogP contribution is 2.19. The Labute approximate surface area is 87.7 Å². The van der Waals surface area contributed by atoms with Crippen molar-refractivity contribution in [2.75, 3.05) is 13.1 Å². The number of carbonyl (C=O) groups is 1. The quantitative estimate of drug-likeness (QED) is 0.690. The second-order valence-corrected chi connectivity index (χ2v) is 4.40. The zero-order valence-corrected chi connectivity index (χ0v) is 9.59. The molecule has 1 unspecified atom stereocenters. The zero-order valence-electron chi connectivity index (χ0n) is 9.59. The maximum absolute atomic E-state index is 10.9. The van der Waals surface area contributed by atoms with Gasteiger partial charge in [-0.1, -0.05) is 19.8 Å². The van der Waals surface area contributed by atoms with Gasteiger partial charge in [-0.3, -0.25) is 9.69 Å². The lowest BCUT2D eigenvalue weighted by molar-refractivity contribution is -0.117. The number of hydrogen-bond donors (Lipinski definition) is 0. The smallest absolute Gasteiger partial charge is 0.131 e. The maximum atomic E-state index is 10.9. The Kier molecular flexibility index (Phi) is 5.16. The lowest BCUT2D eigenvalue weighted by Gasteiger charge is -2.28. The van der Waals surface area contributed by atoms with Crippen LogP contribution in [0.25, 0.3) is 0 Å². The first-order valence-corrected chi connectivity index (χ1v) is 5.97. The van der Waals surface area contributed by atoms with Crippen LogP contribution in [0.4, 0.5) is 0 Å². The second kappa shape index (κ2) is 6.18. The molecular weight excluding hydrogens is 174 g/mol.